The van der Waals surface area contributed by atoms with Crippen LogP contribution in [0.3, 0.4) is 0 Å². The second-order valence-electron chi connectivity index (χ2n) is 5.44. The fraction of sp³-hybridized carbons (Fsp3) is 0.222. The van der Waals surface area contributed by atoms with E-state index < -0.39 is 0 Å². The van der Waals surface area contributed by atoms with Gasteiger partial charge in [-0.05, 0) is 31.2 Å². The molecular formula is C18H18N4O3. The number of pyridine rings is 1. The van der Waals surface area contributed by atoms with Crippen LogP contribution >= 0.6 is 0 Å². The Morgan fingerprint density at radius 1 is 1.24 bits per heavy atom. The van der Waals surface area contributed by atoms with E-state index in [2.05, 4.69) is 20.4 Å². The first-order valence-electron chi connectivity index (χ1n) is 7.92. The highest BCUT2D eigenvalue weighted by Crippen LogP contribution is 2.22. The van der Waals surface area contributed by atoms with Crippen molar-refractivity contribution in [3.8, 4) is 5.75 Å². The van der Waals surface area contributed by atoms with Gasteiger partial charge in [-0.15, -0.1) is 0 Å². The SMILES string of the molecule is CCc1noc(COc2ccc(C)cc2C(=O)Nc2ccncc2)n1. The van der Waals surface area contributed by atoms with E-state index in [1.54, 1.807) is 36.7 Å². The normalized spacial score (nSPS) is 10.5. The van der Waals surface area contributed by atoms with Crippen LogP contribution in [0.15, 0.2) is 47.2 Å². The summed E-state index contributed by atoms with van der Waals surface area (Å²) in [6.07, 6.45) is 3.92. The molecule has 0 bridgehead atoms. The Balaban J connectivity index is 1.76. The van der Waals surface area contributed by atoms with E-state index in [0.717, 1.165) is 5.56 Å². The van der Waals surface area contributed by atoms with Crippen LogP contribution in [0.5, 0.6) is 5.75 Å². The van der Waals surface area contributed by atoms with Gasteiger partial charge in [0.25, 0.3) is 11.8 Å². The molecule has 0 saturated heterocycles. The Kier molecular flexibility index (Phi) is 5.03. The van der Waals surface area contributed by atoms with Crippen LogP contribution < -0.4 is 10.1 Å². The molecule has 0 fully saturated rings. The number of hydrogen-bond acceptors (Lipinski definition) is 6. The van der Waals surface area contributed by atoms with Gasteiger partial charge in [-0.3, -0.25) is 9.78 Å². The van der Waals surface area contributed by atoms with Crippen molar-refractivity contribution in [2.75, 3.05) is 5.32 Å². The topological polar surface area (TPSA) is 90.1 Å². The molecule has 0 saturated carbocycles. The summed E-state index contributed by atoms with van der Waals surface area (Å²) in [6, 6.07) is 8.85. The van der Waals surface area contributed by atoms with Crippen molar-refractivity contribution >= 4 is 11.6 Å². The molecule has 0 aliphatic rings. The van der Waals surface area contributed by atoms with Crippen molar-refractivity contribution in [1.29, 1.82) is 0 Å². The molecular weight excluding hydrogens is 320 g/mol. The number of carbonyl (C=O) groups is 1. The smallest absolute Gasteiger partial charge is 0.264 e. The first-order valence-corrected chi connectivity index (χ1v) is 7.92. The number of ether oxygens (including phenoxy) is 1. The zero-order valence-corrected chi connectivity index (χ0v) is 14.0. The van der Waals surface area contributed by atoms with Gasteiger partial charge < -0.3 is 14.6 Å². The van der Waals surface area contributed by atoms with Gasteiger partial charge in [0.15, 0.2) is 12.4 Å². The van der Waals surface area contributed by atoms with Gasteiger partial charge >= 0.3 is 0 Å². The predicted octanol–water partition coefficient (Wildman–Crippen LogP) is 3.17. The summed E-state index contributed by atoms with van der Waals surface area (Å²) >= 11 is 0. The maximum atomic E-state index is 12.6. The van der Waals surface area contributed by atoms with E-state index in [4.69, 9.17) is 9.26 Å². The third kappa shape index (κ3) is 4.20. The minimum Gasteiger partial charge on any atom is -0.483 e. The molecule has 0 spiro atoms. The van der Waals surface area contributed by atoms with Gasteiger partial charge in [0.2, 0.25) is 0 Å². The average Bonchev–Trinajstić information content (AvgIpc) is 3.09. The molecule has 1 N–H and O–H groups in total. The van der Waals surface area contributed by atoms with Crippen molar-refractivity contribution in [2.24, 2.45) is 0 Å². The summed E-state index contributed by atoms with van der Waals surface area (Å²) < 4.78 is 10.8. The molecule has 3 aromatic rings. The Morgan fingerprint density at radius 2 is 2.04 bits per heavy atom. The number of amides is 1. The monoisotopic (exact) mass is 338 g/mol. The van der Waals surface area contributed by atoms with Crippen LogP contribution in [0.1, 0.15) is 34.6 Å². The molecule has 7 nitrogen and oxygen atoms in total. The Morgan fingerprint density at radius 3 is 2.76 bits per heavy atom. The van der Waals surface area contributed by atoms with Crippen molar-refractivity contribution < 1.29 is 14.1 Å². The third-order valence-corrected chi connectivity index (χ3v) is 3.50. The van der Waals surface area contributed by atoms with Crippen LogP contribution in [0.25, 0.3) is 0 Å². The molecule has 0 radical (unpaired) electrons. The Labute approximate surface area is 145 Å². The summed E-state index contributed by atoms with van der Waals surface area (Å²) in [4.78, 5) is 20.7. The van der Waals surface area contributed by atoms with Crippen molar-refractivity contribution in [2.45, 2.75) is 26.9 Å². The van der Waals surface area contributed by atoms with Gasteiger partial charge in [0.1, 0.15) is 5.75 Å². The van der Waals surface area contributed by atoms with Crippen LogP contribution in [-0.4, -0.2) is 21.0 Å². The number of nitrogens with one attached hydrogen (secondary N) is 1. The fourth-order valence-corrected chi connectivity index (χ4v) is 2.21. The number of carbonyl (C=O) groups excluding carboxylic acids is 1. The molecule has 1 aromatic carbocycles. The minimum atomic E-state index is -0.260. The first-order chi connectivity index (χ1) is 12.2. The zero-order valence-electron chi connectivity index (χ0n) is 14.0. The molecule has 0 unspecified atom stereocenters. The third-order valence-electron chi connectivity index (χ3n) is 3.50. The highest BCUT2D eigenvalue weighted by molar-refractivity contribution is 6.06. The molecule has 25 heavy (non-hydrogen) atoms. The maximum Gasteiger partial charge on any atom is 0.264 e. The lowest BCUT2D eigenvalue weighted by molar-refractivity contribution is 0.102. The van der Waals surface area contributed by atoms with Crippen molar-refractivity contribution in [1.82, 2.24) is 15.1 Å². The van der Waals surface area contributed by atoms with Crippen molar-refractivity contribution in [3.63, 3.8) is 0 Å². The minimum absolute atomic E-state index is 0.103. The largest absolute Gasteiger partial charge is 0.483 e. The van der Waals surface area contributed by atoms with Gasteiger partial charge in [-0.25, -0.2) is 0 Å². The first kappa shape index (κ1) is 16.6. The maximum absolute atomic E-state index is 12.6. The highest BCUT2D eigenvalue weighted by atomic mass is 16.5. The summed E-state index contributed by atoms with van der Waals surface area (Å²) in [6.45, 7) is 3.96. The Hall–Kier alpha value is -3.22. The van der Waals surface area contributed by atoms with Crippen LogP contribution in [0, 0.1) is 6.92 Å². The summed E-state index contributed by atoms with van der Waals surface area (Å²) in [5.41, 5.74) is 2.06. The summed E-state index contributed by atoms with van der Waals surface area (Å²) in [5.74, 6) is 1.19. The van der Waals surface area contributed by atoms with E-state index in [9.17, 15) is 4.79 Å². The molecule has 128 valence electrons. The number of aryl methyl sites for hydroxylation is 2. The molecule has 1 amide bonds. The number of anilines is 1. The quantitative estimate of drug-likeness (QED) is 0.742. The standard InChI is InChI=1S/C18H18N4O3/c1-3-16-21-17(25-22-16)11-24-15-5-4-12(2)10-14(15)18(23)20-13-6-8-19-9-7-13/h4-10H,3,11H2,1-2H3,(H,19,20,23). The average molecular weight is 338 g/mol. The lowest BCUT2D eigenvalue weighted by Crippen LogP contribution is -2.14. The number of aromatic nitrogens is 3. The van der Waals surface area contributed by atoms with E-state index in [1.165, 1.54) is 0 Å². The van der Waals surface area contributed by atoms with E-state index in [0.29, 0.717) is 35.1 Å². The second-order valence-corrected chi connectivity index (χ2v) is 5.44. The second kappa shape index (κ2) is 7.57. The molecule has 7 heteroatoms. The highest BCUT2D eigenvalue weighted by Gasteiger charge is 2.15. The summed E-state index contributed by atoms with van der Waals surface area (Å²) in [5, 5.41) is 6.65. The number of rotatable bonds is 6. The van der Waals surface area contributed by atoms with Gasteiger partial charge in [-0.2, -0.15) is 4.98 Å². The van der Waals surface area contributed by atoms with Crippen molar-refractivity contribution in [3.05, 3.63) is 65.6 Å². The van der Waals surface area contributed by atoms with Crippen LogP contribution in [-0.2, 0) is 13.0 Å². The van der Waals surface area contributed by atoms with Gasteiger partial charge in [-0.1, -0.05) is 23.7 Å². The molecule has 0 aliphatic carbocycles. The van der Waals surface area contributed by atoms with Gasteiger partial charge in [0.05, 0.1) is 5.56 Å². The predicted molar refractivity (Wildman–Crippen MR) is 91.4 cm³/mol. The number of benzene rings is 1. The zero-order chi connectivity index (χ0) is 17.6. The fourth-order valence-electron chi connectivity index (χ4n) is 2.21. The van der Waals surface area contributed by atoms with Gasteiger partial charge in [0, 0.05) is 24.5 Å². The van der Waals surface area contributed by atoms with E-state index in [-0.39, 0.29) is 12.5 Å². The molecule has 0 atom stereocenters. The van der Waals surface area contributed by atoms with Crippen LogP contribution in [0.2, 0.25) is 0 Å². The molecule has 0 aliphatic heterocycles. The van der Waals surface area contributed by atoms with Crippen LogP contribution in [0.4, 0.5) is 5.69 Å². The lowest BCUT2D eigenvalue weighted by Gasteiger charge is -2.11. The van der Waals surface area contributed by atoms with E-state index >= 15 is 0 Å². The summed E-state index contributed by atoms with van der Waals surface area (Å²) in [7, 11) is 0. The molecule has 3 rings (SSSR count). The number of hydrogen-bond donors (Lipinski definition) is 1. The molecule has 2 aromatic heterocycles. The number of nitrogens with zero attached hydrogens (tertiary/aromatic N) is 3. The molecule has 2 heterocycles. The Bertz CT molecular complexity index is 862. The lowest BCUT2D eigenvalue weighted by atomic mass is 10.1. The van der Waals surface area contributed by atoms with E-state index in [1.807, 2.05) is 19.9 Å².